The maximum Gasteiger partial charge on any atom is 0.171 e. The Kier molecular flexibility index (Phi) is 2.73. The number of nitrogens with zero attached hydrogens (tertiary/aromatic N) is 2. The number of carbonyl (C=O) groups is 1. The third-order valence-corrected chi connectivity index (χ3v) is 2.77. The summed E-state index contributed by atoms with van der Waals surface area (Å²) in [6.07, 6.45) is 0.711. The van der Waals surface area contributed by atoms with Crippen molar-refractivity contribution in [2.75, 3.05) is 7.11 Å². The summed E-state index contributed by atoms with van der Waals surface area (Å²) < 4.78 is 8.79. The number of methoxy groups -OCH3 is 1. The lowest BCUT2D eigenvalue weighted by atomic mass is 10.1. The highest BCUT2D eigenvalue weighted by Gasteiger charge is 2.08. The summed E-state index contributed by atoms with van der Waals surface area (Å²) in [6.45, 7) is 0. The lowest BCUT2D eigenvalue weighted by molar-refractivity contribution is 0.111. The molecule has 0 N–H and O–H groups in total. The van der Waals surface area contributed by atoms with Crippen LogP contribution in [0.25, 0.3) is 10.4 Å². The molecule has 76 valence electrons. The molecule has 0 saturated heterocycles. The van der Waals surface area contributed by atoms with Crippen LogP contribution in [0.4, 0.5) is 0 Å². The number of aromatic nitrogens is 2. The predicted octanol–water partition coefficient (Wildman–Crippen LogP) is 2.03. The van der Waals surface area contributed by atoms with E-state index in [0.717, 1.165) is 16.2 Å². The van der Waals surface area contributed by atoms with Crippen LogP contribution in [-0.2, 0) is 0 Å². The first-order chi connectivity index (χ1) is 7.35. The molecule has 1 heterocycles. The van der Waals surface area contributed by atoms with Crippen molar-refractivity contribution < 1.29 is 9.53 Å². The SMILES string of the molecule is COc1ccc(-c2snnc2C=O)cc1. The highest BCUT2D eigenvalue weighted by Crippen LogP contribution is 2.26. The molecule has 0 unspecified atom stereocenters. The fraction of sp³-hybridized carbons (Fsp3) is 0.100. The fourth-order valence-corrected chi connectivity index (χ4v) is 1.85. The van der Waals surface area contributed by atoms with E-state index in [0.29, 0.717) is 12.0 Å². The number of benzene rings is 1. The molecule has 1 aromatic heterocycles. The summed E-state index contributed by atoms with van der Waals surface area (Å²) in [5.74, 6) is 0.781. The van der Waals surface area contributed by atoms with Crippen molar-refractivity contribution in [3.05, 3.63) is 30.0 Å². The Hall–Kier alpha value is -1.75. The summed E-state index contributed by atoms with van der Waals surface area (Å²) in [5, 5.41) is 3.72. The van der Waals surface area contributed by atoms with Crippen molar-refractivity contribution in [3.8, 4) is 16.2 Å². The van der Waals surface area contributed by atoms with E-state index in [1.54, 1.807) is 7.11 Å². The van der Waals surface area contributed by atoms with Gasteiger partial charge >= 0.3 is 0 Å². The largest absolute Gasteiger partial charge is 0.497 e. The van der Waals surface area contributed by atoms with Gasteiger partial charge in [0.1, 0.15) is 11.4 Å². The van der Waals surface area contributed by atoms with Crippen molar-refractivity contribution in [2.45, 2.75) is 0 Å². The minimum atomic E-state index is 0.380. The van der Waals surface area contributed by atoms with Crippen LogP contribution in [0.15, 0.2) is 24.3 Å². The van der Waals surface area contributed by atoms with E-state index in [4.69, 9.17) is 4.74 Å². The summed E-state index contributed by atoms with van der Waals surface area (Å²) >= 11 is 1.21. The fourth-order valence-electron chi connectivity index (χ4n) is 1.22. The Morgan fingerprint density at radius 1 is 1.33 bits per heavy atom. The van der Waals surface area contributed by atoms with Crippen LogP contribution in [0.1, 0.15) is 10.5 Å². The van der Waals surface area contributed by atoms with Gasteiger partial charge in [0.2, 0.25) is 0 Å². The predicted molar refractivity (Wildman–Crippen MR) is 57.3 cm³/mol. The lowest BCUT2D eigenvalue weighted by Gasteiger charge is -2.00. The van der Waals surface area contributed by atoms with E-state index in [1.807, 2.05) is 24.3 Å². The van der Waals surface area contributed by atoms with Crippen LogP contribution in [-0.4, -0.2) is 23.0 Å². The summed E-state index contributed by atoms with van der Waals surface area (Å²) in [5.41, 5.74) is 1.30. The molecule has 0 atom stereocenters. The van der Waals surface area contributed by atoms with Crippen LogP contribution in [0.3, 0.4) is 0 Å². The second kappa shape index (κ2) is 4.18. The molecule has 4 nitrogen and oxygen atoms in total. The number of carbonyl (C=O) groups excluding carboxylic acids is 1. The van der Waals surface area contributed by atoms with E-state index in [2.05, 4.69) is 9.59 Å². The minimum Gasteiger partial charge on any atom is -0.497 e. The molecule has 0 aliphatic rings. The standard InChI is InChI=1S/C10H8N2O2S/c1-14-8-4-2-7(3-5-8)10-9(6-13)11-12-15-10/h2-6H,1H3. The van der Waals surface area contributed by atoms with Crippen LogP contribution < -0.4 is 4.74 Å². The molecule has 0 aliphatic heterocycles. The van der Waals surface area contributed by atoms with Crippen LogP contribution in [0.5, 0.6) is 5.75 Å². The summed E-state index contributed by atoms with van der Waals surface area (Å²) in [7, 11) is 1.61. The molecular formula is C10H8N2O2S. The van der Waals surface area contributed by atoms with E-state index >= 15 is 0 Å². The van der Waals surface area contributed by atoms with Gasteiger partial charge in [0.15, 0.2) is 6.29 Å². The quantitative estimate of drug-likeness (QED) is 0.742. The summed E-state index contributed by atoms with van der Waals surface area (Å²) in [4.78, 5) is 11.4. The van der Waals surface area contributed by atoms with Crippen LogP contribution in [0, 0.1) is 0 Å². The van der Waals surface area contributed by atoms with Crippen molar-refractivity contribution in [3.63, 3.8) is 0 Å². The molecule has 0 bridgehead atoms. The molecule has 5 heteroatoms. The molecule has 0 amide bonds. The maximum absolute atomic E-state index is 10.7. The molecule has 0 radical (unpaired) electrons. The van der Waals surface area contributed by atoms with Gasteiger partial charge in [0, 0.05) is 0 Å². The molecule has 15 heavy (non-hydrogen) atoms. The second-order valence-electron chi connectivity index (χ2n) is 2.83. The lowest BCUT2D eigenvalue weighted by Crippen LogP contribution is -1.85. The molecule has 2 rings (SSSR count). The minimum absolute atomic E-state index is 0.380. The van der Waals surface area contributed by atoms with E-state index in [-0.39, 0.29) is 0 Å². The van der Waals surface area contributed by atoms with Gasteiger partial charge in [-0.2, -0.15) is 0 Å². The van der Waals surface area contributed by atoms with Gasteiger partial charge in [0.05, 0.1) is 12.0 Å². The third kappa shape index (κ3) is 1.87. The number of ether oxygens (including phenoxy) is 1. The van der Waals surface area contributed by atoms with E-state index in [1.165, 1.54) is 11.5 Å². The van der Waals surface area contributed by atoms with Gasteiger partial charge in [0.25, 0.3) is 0 Å². The Labute approximate surface area is 90.7 Å². The number of hydrogen-bond donors (Lipinski definition) is 0. The van der Waals surface area contributed by atoms with Crippen molar-refractivity contribution in [2.24, 2.45) is 0 Å². The van der Waals surface area contributed by atoms with Gasteiger partial charge < -0.3 is 4.74 Å². The Morgan fingerprint density at radius 2 is 2.07 bits per heavy atom. The van der Waals surface area contributed by atoms with Crippen molar-refractivity contribution in [1.82, 2.24) is 9.59 Å². The monoisotopic (exact) mass is 220 g/mol. The number of hydrogen-bond acceptors (Lipinski definition) is 5. The normalized spacial score (nSPS) is 9.93. The maximum atomic E-state index is 10.7. The highest BCUT2D eigenvalue weighted by molar-refractivity contribution is 7.09. The number of rotatable bonds is 3. The smallest absolute Gasteiger partial charge is 0.171 e. The third-order valence-electron chi connectivity index (χ3n) is 1.98. The first kappa shape index (κ1) is 9.79. The zero-order chi connectivity index (χ0) is 10.7. The Balaban J connectivity index is 2.41. The first-order valence-electron chi connectivity index (χ1n) is 4.27. The Morgan fingerprint density at radius 3 is 2.67 bits per heavy atom. The van der Waals surface area contributed by atoms with Gasteiger partial charge in [-0.25, -0.2) is 0 Å². The Bertz CT molecular complexity index is 465. The molecule has 0 saturated carbocycles. The second-order valence-corrected chi connectivity index (χ2v) is 3.59. The average Bonchev–Trinajstić information content (AvgIpc) is 2.77. The van der Waals surface area contributed by atoms with Crippen molar-refractivity contribution >= 4 is 17.8 Å². The molecule has 0 aliphatic carbocycles. The van der Waals surface area contributed by atoms with Gasteiger partial charge in [-0.15, -0.1) is 5.10 Å². The molecule has 1 aromatic carbocycles. The molecule has 0 fully saturated rings. The zero-order valence-electron chi connectivity index (χ0n) is 8.01. The molecule has 0 spiro atoms. The van der Waals surface area contributed by atoms with E-state index < -0.39 is 0 Å². The molecular weight excluding hydrogens is 212 g/mol. The average molecular weight is 220 g/mol. The van der Waals surface area contributed by atoms with Crippen molar-refractivity contribution in [1.29, 1.82) is 0 Å². The summed E-state index contributed by atoms with van der Waals surface area (Å²) in [6, 6.07) is 7.43. The van der Waals surface area contributed by atoms with Crippen LogP contribution >= 0.6 is 11.5 Å². The van der Waals surface area contributed by atoms with Crippen LogP contribution in [0.2, 0.25) is 0 Å². The number of aldehydes is 1. The topological polar surface area (TPSA) is 52.1 Å². The van der Waals surface area contributed by atoms with E-state index in [9.17, 15) is 4.79 Å². The first-order valence-corrected chi connectivity index (χ1v) is 5.04. The zero-order valence-corrected chi connectivity index (χ0v) is 8.82. The highest BCUT2D eigenvalue weighted by atomic mass is 32.1. The van der Waals surface area contributed by atoms with Gasteiger partial charge in [-0.3, -0.25) is 4.79 Å². The van der Waals surface area contributed by atoms with Gasteiger partial charge in [-0.1, -0.05) is 4.49 Å². The molecule has 2 aromatic rings. The van der Waals surface area contributed by atoms with Gasteiger partial charge in [-0.05, 0) is 41.4 Å².